The SMILES string of the molecule is O=C(NCCc1ccccc1F)c1ccc2oc(-c3ccncc3)nc2c1. The first kappa shape index (κ1) is 16.9. The molecule has 2 aromatic carbocycles. The average Bonchev–Trinajstić information content (AvgIpc) is 3.13. The summed E-state index contributed by atoms with van der Waals surface area (Å²) in [5.74, 6) is -0.0226. The summed E-state index contributed by atoms with van der Waals surface area (Å²) < 4.78 is 19.3. The number of rotatable bonds is 5. The van der Waals surface area contributed by atoms with Gasteiger partial charge in [-0.3, -0.25) is 9.78 Å². The third-order valence-electron chi connectivity index (χ3n) is 4.21. The highest BCUT2D eigenvalue weighted by Gasteiger charge is 2.12. The molecule has 4 rings (SSSR count). The molecule has 0 radical (unpaired) electrons. The maximum atomic E-state index is 13.6. The summed E-state index contributed by atoms with van der Waals surface area (Å²) >= 11 is 0. The number of fused-ring (bicyclic) bond motifs is 1. The van der Waals surface area contributed by atoms with E-state index in [0.717, 1.165) is 5.56 Å². The van der Waals surface area contributed by atoms with Gasteiger partial charge in [-0.1, -0.05) is 18.2 Å². The molecular formula is C21H16FN3O2. The number of aromatic nitrogens is 2. The quantitative estimate of drug-likeness (QED) is 0.583. The first-order valence-electron chi connectivity index (χ1n) is 8.53. The van der Waals surface area contributed by atoms with Gasteiger partial charge in [0.15, 0.2) is 5.58 Å². The van der Waals surface area contributed by atoms with E-state index < -0.39 is 0 Å². The van der Waals surface area contributed by atoms with E-state index in [4.69, 9.17) is 4.42 Å². The Morgan fingerprint density at radius 2 is 1.89 bits per heavy atom. The van der Waals surface area contributed by atoms with E-state index in [2.05, 4.69) is 15.3 Å². The normalized spacial score (nSPS) is 10.9. The van der Waals surface area contributed by atoms with Gasteiger partial charge in [0.1, 0.15) is 11.3 Å². The Labute approximate surface area is 154 Å². The minimum Gasteiger partial charge on any atom is -0.436 e. The Balaban J connectivity index is 1.47. The van der Waals surface area contributed by atoms with Gasteiger partial charge in [0.25, 0.3) is 5.91 Å². The number of hydrogen-bond donors (Lipinski definition) is 1. The fraction of sp³-hybridized carbons (Fsp3) is 0.0952. The molecule has 134 valence electrons. The predicted octanol–water partition coefficient (Wildman–Crippen LogP) is 4.00. The lowest BCUT2D eigenvalue weighted by molar-refractivity contribution is 0.0954. The minimum absolute atomic E-state index is 0.235. The van der Waals surface area contributed by atoms with E-state index >= 15 is 0 Å². The van der Waals surface area contributed by atoms with Crippen LogP contribution >= 0.6 is 0 Å². The van der Waals surface area contributed by atoms with Crippen LogP contribution in [-0.4, -0.2) is 22.4 Å². The molecule has 0 bridgehead atoms. The van der Waals surface area contributed by atoms with Gasteiger partial charge in [0, 0.05) is 30.1 Å². The first-order valence-corrected chi connectivity index (χ1v) is 8.53. The Hall–Kier alpha value is -3.54. The van der Waals surface area contributed by atoms with Gasteiger partial charge in [-0.2, -0.15) is 0 Å². The highest BCUT2D eigenvalue weighted by Crippen LogP contribution is 2.24. The molecular weight excluding hydrogens is 345 g/mol. The van der Waals surface area contributed by atoms with Gasteiger partial charge in [-0.15, -0.1) is 0 Å². The number of oxazole rings is 1. The summed E-state index contributed by atoms with van der Waals surface area (Å²) in [6, 6.07) is 15.2. The molecule has 5 nitrogen and oxygen atoms in total. The Bertz CT molecular complexity index is 1090. The fourth-order valence-corrected chi connectivity index (χ4v) is 2.80. The van der Waals surface area contributed by atoms with Crippen molar-refractivity contribution in [1.82, 2.24) is 15.3 Å². The Morgan fingerprint density at radius 1 is 1.07 bits per heavy atom. The number of carbonyl (C=O) groups excluding carboxylic acids is 1. The number of hydrogen-bond acceptors (Lipinski definition) is 4. The van der Waals surface area contributed by atoms with Crippen molar-refractivity contribution in [2.24, 2.45) is 0 Å². The minimum atomic E-state index is -0.264. The van der Waals surface area contributed by atoms with Crippen molar-refractivity contribution in [1.29, 1.82) is 0 Å². The molecule has 0 aliphatic carbocycles. The number of amides is 1. The van der Waals surface area contributed by atoms with Gasteiger partial charge in [-0.25, -0.2) is 9.37 Å². The fourth-order valence-electron chi connectivity index (χ4n) is 2.80. The molecule has 0 unspecified atom stereocenters. The number of benzene rings is 2. The van der Waals surface area contributed by atoms with Crippen LogP contribution in [0.1, 0.15) is 15.9 Å². The van der Waals surface area contributed by atoms with Gasteiger partial charge in [0.2, 0.25) is 5.89 Å². The predicted molar refractivity (Wildman–Crippen MR) is 99.7 cm³/mol. The second-order valence-corrected chi connectivity index (χ2v) is 6.03. The van der Waals surface area contributed by atoms with Crippen LogP contribution in [0.2, 0.25) is 0 Å². The molecule has 0 atom stereocenters. The summed E-state index contributed by atoms with van der Waals surface area (Å²) in [4.78, 5) is 20.8. The summed E-state index contributed by atoms with van der Waals surface area (Å²) in [5, 5.41) is 2.81. The molecule has 0 aliphatic heterocycles. The van der Waals surface area contributed by atoms with Gasteiger partial charge >= 0.3 is 0 Å². The summed E-state index contributed by atoms with van der Waals surface area (Å²) in [6.07, 6.45) is 3.76. The summed E-state index contributed by atoms with van der Waals surface area (Å²) in [6.45, 7) is 0.346. The van der Waals surface area contributed by atoms with Crippen LogP contribution in [0.4, 0.5) is 4.39 Å². The molecule has 4 aromatic rings. The lowest BCUT2D eigenvalue weighted by atomic mass is 10.1. The average molecular weight is 361 g/mol. The maximum absolute atomic E-state index is 13.6. The number of carbonyl (C=O) groups is 1. The zero-order chi connectivity index (χ0) is 18.6. The Kier molecular flexibility index (Phi) is 4.61. The zero-order valence-electron chi connectivity index (χ0n) is 14.4. The first-order chi connectivity index (χ1) is 13.2. The smallest absolute Gasteiger partial charge is 0.251 e. The van der Waals surface area contributed by atoms with E-state index in [1.807, 2.05) is 0 Å². The van der Waals surface area contributed by atoms with E-state index in [0.29, 0.717) is 41.1 Å². The lowest BCUT2D eigenvalue weighted by Crippen LogP contribution is -2.25. The van der Waals surface area contributed by atoms with E-state index in [9.17, 15) is 9.18 Å². The summed E-state index contributed by atoms with van der Waals surface area (Å²) in [5.41, 5.74) is 3.07. The van der Waals surface area contributed by atoms with Crippen molar-refractivity contribution >= 4 is 17.0 Å². The van der Waals surface area contributed by atoms with Crippen LogP contribution in [-0.2, 0) is 6.42 Å². The second kappa shape index (κ2) is 7.37. The molecule has 6 heteroatoms. The largest absolute Gasteiger partial charge is 0.436 e. The van der Waals surface area contributed by atoms with E-state index in [-0.39, 0.29) is 11.7 Å². The van der Waals surface area contributed by atoms with Crippen molar-refractivity contribution in [3.63, 3.8) is 0 Å². The van der Waals surface area contributed by atoms with Crippen LogP contribution in [0.5, 0.6) is 0 Å². The van der Waals surface area contributed by atoms with Crippen LogP contribution < -0.4 is 5.32 Å². The number of halogens is 1. The van der Waals surface area contributed by atoms with Crippen molar-refractivity contribution in [2.45, 2.75) is 6.42 Å². The van der Waals surface area contributed by atoms with Crippen LogP contribution in [0.15, 0.2) is 71.4 Å². The lowest BCUT2D eigenvalue weighted by Gasteiger charge is -2.06. The number of nitrogens with one attached hydrogen (secondary N) is 1. The third-order valence-corrected chi connectivity index (χ3v) is 4.21. The van der Waals surface area contributed by atoms with Crippen LogP contribution in [0, 0.1) is 5.82 Å². The van der Waals surface area contributed by atoms with E-state index in [1.165, 1.54) is 6.07 Å². The van der Waals surface area contributed by atoms with Crippen molar-refractivity contribution in [3.05, 3.63) is 83.9 Å². The molecule has 27 heavy (non-hydrogen) atoms. The molecule has 1 N–H and O–H groups in total. The van der Waals surface area contributed by atoms with Gasteiger partial charge < -0.3 is 9.73 Å². The molecule has 2 aromatic heterocycles. The topological polar surface area (TPSA) is 68.0 Å². The Morgan fingerprint density at radius 3 is 2.70 bits per heavy atom. The monoisotopic (exact) mass is 361 g/mol. The standard InChI is InChI=1S/C21H16FN3O2/c22-17-4-2-1-3-14(17)9-12-24-20(26)16-5-6-19-18(13-16)25-21(27-19)15-7-10-23-11-8-15/h1-8,10-11,13H,9,12H2,(H,24,26). The maximum Gasteiger partial charge on any atom is 0.251 e. The van der Waals surface area contributed by atoms with Crippen molar-refractivity contribution < 1.29 is 13.6 Å². The molecule has 0 fully saturated rings. The zero-order valence-corrected chi connectivity index (χ0v) is 14.4. The van der Waals surface area contributed by atoms with Crippen LogP contribution in [0.3, 0.4) is 0 Å². The van der Waals surface area contributed by atoms with E-state index in [1.54, 1.807) is 60.9 Å². The molecule has 1 amide bonds. The highest BCUT2D eigenvalue weighted by molar-refractivity contribution is 5.97. The van der Waals surface area contributed by atoms with Crippen molar-refractivity contribution in [2.75, 3.05) is 6.54 Å². The summed E-state index contributed by atoms with van der Waals surface area (Å²) in [7, 11) is 0. The number of pyridine rings is 1. The third kappa shape index (κ3) is 3.69. The molecule has 0 saturated carbocycles. The molecule has 0 spiro atoms. The van der Waals surface area contributed by atoms with Crippen molar-refractivity contribution in [3.8, 4) is 11.5 Å². The second-order valence-electron chi connectivity index (χ2n) is 6.03. The van der Waals surface area contributed by atoms with Gasteiger partial charge in [0.05, 0.1) is 0 Å². The highest BCUT2D eigenvalue weighted by atomic mass is 19.1. The van der Waals surface area contributed by atoms with Gasteiger partial charge in [-0.05, 0) is 48.4 Å². The molecule has 0 saturated heterocycles. The molecule has 0 aliphatic rings. The van der Waals surface area contributed by atoms with Crippen LogP contribution in [0.25, 0.3) is 22.6 Å². The number of nitrogens with zero attached hydrogens (tertiary/aromatic N) is 2. The molecule has 2 heterocycles.